The van der Waals surface area contributed by atoms with E-state index in [0.717, 1.165) is 11.4 Å². The summed E-state index contributed by atoms with van der Waals surface area (Å²) in [5, 5.41) is 5.59. The Morgan fingerprint density at radius 1 is 1.08 bits per heavy atom. The summed E-state index contributed by atoms with van der Waals surface area (Å²) < 4.78 is 10.3. The van der Waals surface area contributed by atoms with Gasteiger partial charge in [-0.1, -0.05) is 12.1 Å². The summed E-state index contributed by atoms with van der Waals surface area (Å²) in [6.45, 7) is 0.421. The number of nitrogens with one attached hydrogen (secondary N) is 2. The van der Waals surface area contributed by atoms with Gasteiger partial charge in [-0.05, 0) is 36.4 Å². The highest BCUT2D eigenvalue weighted by molar-refractivity contribution is 5.98. The third-order valence-corrected chi connectivity index (χ3v) is 4.20. The van der Waals surface area contributed by atoms with E-state index in [2.05, 4.69) is 10.6 Å². The minimum Gasteiger partial charge on any atom is -0.497 e. The topological polar surface area (TPSA) is 79.9 Å². The van der Waals surface area contributed by atoms with Gasteiger partial charge in [0.25, 0.3) is 0 Å². The van der Waals surface area contributed by atoms with E-state index in [0.29, 0.717) is 18.0 Å². The molecule has 0 radical (unpaired) electrons. The SMILES string of the molecule is COc1ccc(N2C[C@@H](NC(=O)Nc3ccccc3OC)CC2=O)cc1. The molecule has 2 aromatic carbocycles. The van der Waals surface area contributed by atoms with Crippen LogP contribution in [0.3, 0.4) is 0 Å². The first-order chi connectivity index (χ1) is 12.6. The lowest BCUT2D eigenvalue weighted by Crippen LogP contribution is -2.39. The Bertz CT molecular complexity index is 792. The number of anilines is 2. The van der Waals surface area contributed by atoms with Gasteiger partial charge in [-0.3, -0.25) is 4.79 Å². The van der Waals surface area contributed by atoms with Crippen LogP contribution >= 0.6 is 0 Å². The van der Waals surface area contributed by atoms with E-state index in [1.165, 1.54) is 0 Å². The fraction of sp³-hybridized carbons (Fsp3) is 0.263. The molecule has 0 spiro atoms. The highest BCUT2D eigenvalue weighted by Crippen LogP contribution is 2.25. The second-order valence-corrected chi connectivity index (χ2v) is 5.90. The summed E-state index contributed by atoms with van der Waals surface area (Å²) in [5.74, 6) is 1.27. The lowest BCUT2D eigenvalue weighted by molar-refractivity contribution is -0.117. The number of carbonyl (C=O) groups excluding carboxylic acids is 2. The van der Waals surface area contributed by atoms with Gasteiger partial charge in [-0.2, -0.15) is 0 Å². The van der Waals surface area contributed by atoms with Crippen LogP contribution in [-0.4, -0.2) is 38.7 Å². The molecule has 1 fully saturated rings. The van der Waals surface area contributed by atoms with E-state index in [1.54, 1.807) is 43.4 Å². The molecule has 0 saturated carbocycles. The van der Waals surface area contributed by atoms with Gasteiger partial charge < -0.3 is 25.0 Å². The van der Waals surface area contributed by atoms with Crippen LogP contribution in [0.1, 0.15) is 6.42 Å². The molecule has 7 heteroatoms. The molecule has 2 N–H and O–H groups in total. The zero-order valence-electron chi connectivity index (χ0n) is 14.7. The molecular weight excluding hydrogens is 334 g/mol. The van der Waals surface area contributed by atoms with E-state index >= 15 is 0 Å². The molecule has 3 amide bonds. The standard InChI is InChI=1S/C19H21N3O4/c1-25-15-9-7-14(8-10-15)22-12-13(11-18(22)23)20-19(24)21-16-5-3-4-6-17(16)26-2/h3-10,13H,11-12H2,1-2H3,(H2,20,21,24)/t13-/m0/s1. The van der Waals surface area contributed by atoms with Crippen molar-refractivity contribution < 1.29 is 19.1 Å². The van der Waals surface area contributed by atoms with Crippen molar-refractivity contribution in [2.75, 3.05) is 31.0 Å². The van der Waals surface area contributed by atoms with Crippen LogP contribution < -0.4 is 25.0 Å². The summed E-state index contributed by atoms with van der Waals surface area (Å²) in [7, 11) is 3.14. The number of rotatable bonds is 5. The molecule has 3 rings (SSSR count). The first kappa shape index (κ1) is 17.6. The number of hydrogen-bond acceptors (Lipinski definition) is 4. The van der Waals surface area contributed by atoms with E-state index in [-0.39, 0.29) is 24.4 Å². The van der Waals surface area contributed by atoms with Crippen molar-refractivity contribution in [1.29, 1.82) is 0 Å². The molecule has 1 heterocycles. The van der Waals surface area contributed by atoms with Crippen molar-refractivity contribution in [3.05, 3.63) is 48.5 Å². The number of para-hydroxylation sites is 2. The average Bonchev–Trinajstić information content (AvgIpc) is 3.02. The van der Waals surface area contributed by atoms with Crippen LogP contribution in [0.25, 0.3) is 0 Å². The van der Waals surface area contributed by atoms with Crippen LogP contribution in [0.15, 0.2) is 48.5 Å². The first-order valence-corrected chi connectivity index (χ1v) is 8.25. The first-order valence-electron chi connectivity index (χ1n) is 8.25. The molecule has 1 aliphatic heterocycles. The molecule has 26 heavy (non-hydrogen) atoms. The molecule has 1 saturated heterocycles. The Kier molecular flexibility index (Phi) is 5.26. The fourth-order valence-electron chi connectivity index (χ4n) is 2.91. The van der Waals surface area contributed by atoms with Crippen molar-refractivity contribution in [2.24, 2.45) is 0 Å². The molecule has 2 aromatic rings. The zero-order chi connectivity index (χ0) is 18.5. The van der Waals surface area contributed by atoms with E-state index in [1.807, 2.05) is 24.3 Å². The Morgan fingerprint density at radius 2 is 1.81 bits per heavy atom. The van der Waals surface area contributed by atoms with Crippen LogP contribution in [0.4, 0.5) is 16.2 Å². The lowest BCUT2D eigenvalue weighted by atomic mass is 10.2. The second-order valence-electron chi connectivity index (χ2n) is 5.90. The van der Waals surface area contributed by atoms with E-state index in [4.69, 9.17) is 9.47 Å². The van der Waals surface area contributed by atoms with Gasteiger partial charge in [0.2, 0.25) is 5.91 Å². The van der Waals surface area contributed by atoms with Crippen molar-refractivity contribution in [3.63, 3.8) is 0 Å². The van der Waals surface area contributed by atoms with Gasteiger partial charge in [0.1, 0.15) is 11.5 Å². The number of nitrogens with zero attached hydrogens (tertiary/aromatic N) is 1. The zero-order valence-corrected chi connectivity index (χ0v) is 14.7. The number of amides is 3. The average molecular weight is 355 g/mol. The Labute approximate surface area is 151 Å². The molecule has 0 aromatic heterocycles. The minimum absolute atomic E-state index is 0.0299. The number of ether oxygens (including phenoxy) is 2. The number of benzene rings is 2. The van der Waals surface area contributed by atoms with Gasteiger partial charge in [-0.25, -0.2) is 4.79 Å². The van der Waals surface area contributed by atoms with Crippen LogP contribution in [0, 0.1) is 0 Å². The number of methoxy groups -OCH3 is 2. The molecule has 0 bridgehead atoms. The highest BCUT2D eigenvalue weighted by Gasteiger charge is 2.31. The maximum atomic E-state index is 12.3. The summed E-state index contributed by atoms with van der Waals surface area (Å²) in [5.41, 5.74) is 1.36. The third-order valence-electron chi connectivity index (χ3n) is 4.20. The molecule has 0 aliphatic carbocycles. The molecule has 1 aliphatic rings. The van der Waals surface area contributed by atoms with E-state index < -0.39 is 0 Å². The van der Waals surface area contributed by atoms with Gasteiger partial charge in [0.05, 0.1) is 25.9 Å². The van der Waals surface area contributed by atoms with Gasteiger partial charge in [0.15, 0.2) is 0 Å². The van der Waals surface area contributed by atoms with Crippen molar-refractivity contribution in [3.8, 4) is 11.5 Å². The predicted octanol–water partition coefficient (Wildman–Crippen LogP) is 2.63. The third kappa shape index (κ3) is 3.88. The van der Waals surface area contributed by atoms with E-state index in [9.17, 15) is 9.59 Å². The Balaban J connectivity index is 1.60. The van der Waals surface area contributed by atoms with Crippen LogP contribution in [0.2, 0.25) is 0 Å². The molecular formula is C19H21N3O4. The second kappa shape index (κ2) is 7.77. The van der Waals surface area contributed by atoms with Gasteiger partial charge >= 0.3 is 6.03 Å². The number of hydrogen-bond donors (Lipinski definition) is 2. The number of carbonyl (C=O) groups is 2. The monoisotopic (exact) mass is 355 g/mol. The normalized spacial score (nSPS) is 16.3. The highest BCUT2D eigenvalue weighted by atomic mass is 16.5. The Morgan fingerprint density at radius 3 is 2.50 bits per heavy atom. The smallest absolute Gasteiger partial charge is 0.319 e. The predicted molar refractivity (Wildman–Crippen MR) is 98.9 cm³/mol. The van der Waals surface area contributed by atoms with Crippen molar-refractivity contribution in [2.45, 2.75) is 12.5 Å². The maximum absolute atomic E-state index is 12.3. The molecule has 7 nitrogen and oxygen atoms in total. The summed E-state index contributed by atoms with van der Waals surface area (Å²) >= 11 is 0. The van der Waals surface area contributed by atoms with Gasteiger partial charge in [0, 0.05) is 18.7 Å². The van der Waals surface area contributed by atoms with Crippen molar-refractivity contribution >= 4 is 23.3 Å². The number of urea groups is 1. The molecule has 136 valence electrons. The Hall–Kier alpha value is -3.22. The summed E-state index contributed by atoms with van der Waals surface area (Å²) in [4.78, 5) is 26.2. The summed E-state index contributed by atoms with van der Waals surface area (Å²) in [6.07, 6.45) is 0.255. The van der Waals surface area contributed by atoms with Crippen molar-refractivity contribution in [1.82, 2.24) is 5.32 Å². The molecule has 1 atom stereocenters. The quantitative estimate of drug-likeness (QED) is 0.864. The fourth-order valence-corrected chi connectivity index (χ4v) is 2.91. The minimum atomic E-state index is -0.371. The van der Waals surface area contributed by atoms with Crippen LogP contribution in [0.5, 0.6) is 11.5 Å². The maximum Gasteiger partial charge on any atom is 0.319 e. The largest absolute Gasteiger partial charge is 0.497 e. The van der Waals surface area contributed by atoms with Crippen LogP contribution in [-0.2, 0) is 4.79 Å². The van der Waals surface area contributed by atoms with Gasteiger partial charge in [-0.15, -0.1) is 0 Å². The molecule has 0 unspecified atom stereocenters. The lowest BCUT2D eigenvalue weighted by Gasteiger charge is -2.18. The summed E-state index contributed by atoms with van der Waals surface area (Å²) in [6, 6.07) is 13.8.